The quantitative estimate of drug-likeness (QED) is 0.437. The van der Waals surface area contributed by atoms with Gasteiger partial charge in [-0.3, -0.25) is 0 Å². The van der Waals surface area contributed by atoms with Crippen LogP contribution < -0.4 is 0 Å². The van der Waals surface area contributed by atoms with Crippen LogP contribution in [0.25, 0.3) is 11.1 Å². The van der Waals surface area contributed by atoms with Crippen molar-refractivity contribution < 1.29 is 0 Å². The van der Waals surface area contributed by atoms with Gasteiger partial charge in [-0.2, -0.15) is 0 Å². The SMILES string of the molecule is C1CCCCCC1.c1ccc2c(c1)Cc1ccccc1-2. The van der Waals surface area contributed by atoms with Gasteiger partial charge in [0.25, 0.3) is 0 Å². The highest BCUT2D eigenvalue weighted by Crippen LogP contribution is 2.35. The lowest BCUT2D eigenvalue weighted by Crippen LogP contribution is -1.77. The fourth-order valence-corrected chi connectivity index (χ4v) is 3.32. The summed E-state index contributed by atoms with van der Waals surface area (Å²) in [6.45, 7) is 0. The zero-order valence-corrected chi connectivity index (χ0v) is 12.3. The van der Waals surface area contributed by atoms with Crippen LogP contribution in [0, 0.1) is 0 Å². The van der Waals surface area contributed by atoms with E-state index in [1.807, 2.05) is 0 Å². The fourth-order valence-electron chi connectivity index (χ4n) is 3.32. The lowest BCUT2D eigenvalue weighted by Gasteiger charge is -1.98. The topological polar surface area (TPSA) is 0 Å². The molecule has 0 heterocycles. The second-order valence-electron chi connectivity index (χ2n) is 5.97. The van der Waals surface area contributed by atoms with Gasteiger partial charge in [0.2, 0.25) is 0 Å². The van der Waals surface area contributed by atoms with Crippen molar-refractivity contribution in [2.75, 3.05) is 0 Å². The number of hydrogen-bond donors (Lipinski definition) is 0. The van der Waals surface area contributed by atoms with Gasteiger partial charge >= 0.3 is 0 Å². The fraction of sp³-hybridized carbons (Fsp3) is 0.400. The van der Waals surface area contributed by atoms with Gasteiger partial charge in [-0.15, -0.1) is 0 Å². The van der Waals surface area contributed by atoms with Crippen LogP contribution in [0.5, 0.6) is 0 Å². The van der Waals surface area contributed by atoms with Crippen LogP contribution in [0.2, 0.25) is 0 Å². The van der Waals surface area contributed by atoms with Crippen LogP contribution in [-0.2, 0) is 6.42 Å². The summed E-state index contributed by atoms with van der Waals surface area (Å²) >= 11 is 0. The molecule has 2 aromatic carbocycles. The Balaban J connectivity index is 0.000000147. The number of fused-ring (bicyclic) bond motifs is 3. The molecule has 104 valence electrons. The average Bonchev–Trinajstić information content (AvgIpc) is 2.68. The van der Waals surface area contributed by atoms with Gasteiger partial charge in [-0.1, -0.05) is 93.5 Å². The summed E-state index contributed by atoms with van der Waals surface area (Å²) in [5.41, 5.74) is 5.75. The molecule has 0 saturated heterocycles. The van der Waals surface area contributed by atoms with Crippen molar-refractivity contribution in [2.45, 2.75) is 51.4 Å². The smallest absolute Gasteiger partial charge is 0.00135 e. The van der Waals surface area contributed by atoms with E-state index in [1.54, 1.807) is 0 Å². The maximum absolute atomic E-state index is 2.22. The molecule has 0 bridgehead atoms. The third kappa shape index (κ3) is 3.12. The van der Waals surface area contributed by atoms with Gasteiger partial charge in [-0.05, 0) is 28.7 Å². The Hall–Kier alpha value is -1.56. The van der Waals surface area contributed by atoms with E-state index in [0.717, 1.165) is 6.42 Å². The van der Waals surface area contributed by atoms with E-state index in [9.17, 15) is 0 Å². The van der Waals surface area contributed by atoms with E-state index in [2.05, 4.69) is 48.5 Å². The molecule has 0 amide bonds. The molecule has 0 aromatic heterocycles. The summed E-state index contributed by atoms with van der Waals surface area (Å²) in [7, 11) is 0. The largest absolute Gasteiger partial charge is 0.0619 e. The van der Waals surface area contributed by atoms with Gasteiger partial charge in [0.1, 0.15) is 0 Å². The second-order valence-corrected chi connectivity index (χ2v) is 5.97. The first-order valence-electron chi connectivity index (χ1n) is 8.11. The summed E-state index contributed by atoms with van der Waals surface area (Å²) in [4.78, 5) is 0. The minimum atomic E-state index is 1.10. The molecular weight excluding hydrogens is 240 g/mol. The van der Waals surface area contributed by atoms with E-state index < -0.39 is 0 Å². The molecule has 0 radical (unpaired) electrons. The van der Waals surface area contributed by atoms with Crippen molar-refractivity contribution in [1.29, 1.82) is 0 Å². The zero-order valence-electron chi connectivity index (χ0n) is 12.3. The third-order valence-electron chi connectivity index (χ3n) is 4.46. The Kier molecular flexibility index (Phi) is 4.53. The van der Waals surface area contributed by atoms with Crippen molar-refractivity contribution in [3.63, 3.8) is 0 Å². The summed E-state index contributed by atoms with van der Waals surface area (Å²) < 4.78 is 0. The van der Waals surface area contributed by atoms with Gasteiger partial charge < -0.3 is 0 Å². The predicted molar refractivity (Wildman–Crippen MR) is 87.0 cm³/mol. The van der Waals surface area contributed by atoms with E-state index in [1.165, 1.54) is 67.2 Å². The van der Waals surface area contributed by atoms with Crippen molar-refractivity contribution in [3.8, 4) is 11.1 Å². The molecular formula is C20H24. The molecule has 0 unspecified atom stereocenters. The Morgan fingerprint density at radius 1 is 0.450 bits per heavy atom. The highest BCUT2D eigenvalue weighted by Gasteiger charge is 2.15. The molecule has 0 aliphatic heterocycles. The molecule has 1 fully saturated rings. The summed E-state index contributed by atoms with van der Waals surface area (Å²) in [5, 5.41) is 0. The Bertz CT molecular complexity index is 490. The Morgan fingerprint density at radius 2 is 0.800 bits per heavy atom. The van der Waals surface area contributed by atoms with Crippen LogP contribution in [0.15, 0.2) is 48.5 Å². The molecule has 0 heteroatoms. The monoisotopic (exact) mass is 264 g/mol. The zero-order chi connectivity index (χ0) is 13.6. The standard InChI is InChI=1S/C13H10.C7H14/c1-3-7-12-10(5-1)9-11-6-2-4-8-13(11)12;1-2-4-6-7-5-3-1/h1-8H,9H2;1-7H2. The van der Waals surface area contributed by atoms with Crippen molar-refractivity contribution in [1.82, 2.24) is 0 Å². The first-order chi connectivity index (χ1) is 9.95. The van der Waals surface area contributed by atoms with E-state index in [0.29, 0.717) is 0 Å². The van der Waals surface area contributed by atoms with Crippen molar-refractivity contribution in [3.05, 3.63) is 59.7 Å². The maximum Gasteiger partial charge on any atom is -0.00135 e. The minimum absolute atomic E-state index is 1.10. The molecule has 2 aromatic rings. The molecule has 1 saturated carbocycles. The Morgan fingerprint density at radius 3 is 1.20 bits per heavy atom. The molecule has 2 aliphatic rings. The predicted octanol–water partition coefficient (Wildman–Crippen LogP) is 5.99. The summed E-state index contributed by atoms with van der Waals surface area (Å²) in [5.74, 6) is 0. The highest BCUT2D eigenvalue weighted by atomic mass is 14.2. The highest BCUT2D eigenvalue weighted by molar-refractivity contribution is 5.76. The molecule has 0 N–H and O–H groups in total. The first-order valence-corrected chi connectivity index (χ1v) is 8.11. The van der Waals surface area contributed by atoms with Crippen LogP contribution in [0.3, 0.4) is 0 Å². The number of benzene rings is 2. The molecule has 0 nitrogen and oxygen atoms in total. The molecule has 20 heavy (non-hydrogen) atoms. The second kappa shape index (κ2) is 6.74. The Labute approximate surface area is 122 Å². The van der Waals surface area contributed by atoms with Crippen molar-refractivity contribution in [2.24, 2.45) is 0 Å². The van der Waals surface area contributed by atoms with Crippen molar-refractivity contribution >= 4 is 0 Å². The first kappa shape index (κ1) is 13.4. The molecule has 4 rings (SSSR count). The average molecular weight is 264 g/mol. The lowest BCUT2D eigenvalue weighted by atomic mass is 10.1. The normalized spacial score (nSPS) is 16.4. The van der Waals surface area contributed by atoms with Gasteiger partial charge in [0.15, 0.2) is 0 Å². The van der Waals surface area contributed by atoms with E-state index in [-0.39, 0.29) is 0 Å². The van der Waals surface area contributed by atoms with Crippen LogP contribution >= 0.6 is 0 Å². The van der Waals surface area contributed by atoms with Crippen LogP contribution in [-0.4, -0.2) is 0 Å². The lowest BCUT2D eigenvalue weighted by molar-refractivity contribution is 0.702. The van der Waals surface area contributed by atoms with Gasteiger partial charge in [0.05, 0.1) is 0 Å². The van der Waals surface area contributed by atoms with Crippen LogP contribution in [0.4, 0.5) is 0 Å². The van der Waals surface area contributed by atoms with Crippen LogP contribution in [0.1, 0.15) is 56.1 Å². The molecule has 0 spiro atoms. The van der Waals surface area contributed by atoms with Gasteiger partial charge in [-0.25, -0.2) is 0 Å². The number of rotatable bonds is 0. The van der Waals surface area contributed by atoms with E-state index >= 15 is 0 Å². The van der Waals surface area contributed by atoms with Gasteiger partial charge in [0, 0.05) is 0 Å². The summed E-state index contributed by atoms with van der Waals surface area (Å²) in [6.07, 6.45) is 11.6. The molecule has 2 aliphatic carbocycles. The summed E-state index contributed by atoms with van der Waals surface area (Å²) in [6, 6.07) is 17.3. The third-order valence-corrected chi connectivity index (χ3v) is 4.46. The molecule has 0 atom stereocenters. The minimum Gasteiger partial charge on any atom is -0.0619 e. The maximum atomic E-state index is 2.22. The van der Waals surface area contributed by atoms with E-state index in [4.69, 9.17) is 0 Å². The number of hydrogen-bond acceptors (Lipinski definition) is 0.